The van der Waals surface area contributed by atoms with Gasteiger partial charge < -0.3 is 0 Å². The third-order valence-corrected chi connectivity index (χ3v) is 3.11. The van der Waals surface area contributed by atoms with Crippen LogP contribution in [0.1, 0.15) is 6.42 Å². The maximum Gasteiger partial charge on any atom is 2.00 e. The molecule has 22 heavy (non-hydrogen) atoms. The van der Waals surface area contributed by atoms with Crippen LogP contribution in [0.2, 0.25) is 13.1 Å². The molecule has 0 spiro atoms. The molecule has 0 aromatic heterocycles. The van der Waals surface area contributed by atoms with Crippen molar-refractivity contribution in [3.8, 4) is 0 Å². The second-order valence-corrected chi connectivity index (χ2v) is 5.82. The fourth-order valence-electron chi connectivity index (χ4n) is 2.24. The summed E-state index contributed by atoms with van der Waals surface area (Å²) >= 11 is 0. The summed E-state index contributed by atoms with van der Waals surface area (Å²) in [5.74, 6) is 0. The van der Waals surface area contributed by atoms with Gasteiger partial charge in [0, 0.05) is 9.52 Å². The van der Waals surface area contributed by atoms with Crippen LogP contribution in [0.3, 0.4) is 0 Å². The molecule has 3 aromatic rings. The van der Waals surface area contributed by atoms with Gasteiger partial charge in [0.25, 0.3) is 0 Å². The molecule has 2 heteroatoms. The van der Waals surface area contributed by atoms with Gasteiger partial charge in [0.1, 0.15) is 0 Å². The molecule has 2 radical (unpaired) electrons. The van der Waals surface area contributed by atoms with Crippen LogP contribution in [0.25, 0.3) is 21.5 Å². The predicted molar refractivity (Wildman–Crippen MR) is 96.1 cm³/mol. The first-order valence-corrected chi connectivity index (χ1v) is 9.20. The molecular weight excluding hydrogens is 360 g/mol. The number of allylic oxidation sites excluding steroid dienone is 4. The van der Waals surface area contributed by atoms with Crippen molar-refractivity contribution >= 4 is 31.1 Å². The van der Waals surface area contributed by atoms with Gasteiger partial charge in [0.2, 0.25) is 0 Å². The Kier molecular flexibility index (Phi) is 9.11. The van der Waals surface area contributed by atoms with Crippen LogP contribution in [0.4, 0.5) is 0 Å². The van der Waals surface area contributed by atoms with Gasteiger partial charge in [-0.1, -0.05) is 49.5 Å². The fraction of sp³-hybridized carbons (Fsp3) is 0.150. The predicted octanol–water partition coefficient (Wildman–Crippen LogP) is 5.80. The number of fused-ring (bicyclic) bond motifs is 3. The van der Waals surface area contributed by atoms with Crippen molar-refractivity contribution in [1.29, 1.82) is 0 Å². The van der Waals surface area contributed by atoms with Gasteiger partial charge in [0.05, 0.1) is 0 Å². The Hall–Kier alpha value is -1.11. The summed E-state index contributed by atoms with van der Waals surface area (Å²) in [6.45, 7) is 4.31. The zero-order valence-electron chi connectivity index (χ0n) is 13.1. The molecule has 0 saturated heterocycles. The number of benzene rings is 2. The van der Waals surface area contributed by atoms with Gasteiger partial charge in [0.15, 0.2) is 0 Å². The topological polar surface area (TPSA) is 0 Å². The van der Waals surface area contributed by atoms with E-state index in [1.165, 1.54) is 21.5 Å². The van der Waals surface area contributed by atoms with E-state index in [-0.39, 0.29) is 26.2 Å². The zero-order chi connectivity index (χ0) is 14.9. The van der Waals surface area contributed by atoms with E-state index in [1.807, 2.05) is 12.2 Å². The molecule has 1 aliphatic carbocycles. The van der Waals surface area contributed by atoms with Crippen LogP contribution in [0.15, 0.2) is 72.8 Å². The fourth-order valence-corrected chi connectivity index (χ4v) is 2.24. The second-order valence-electron chi connectivity index (χ2n) is 4.82. The minimum atomic E-state index is 0. The Labute approximate surface area is 155 Å². The Bertz CT molecular complexity index is 677. The summed E-state index contributed by atoms with van der Waals surface area (Å²) in [4.78, 5) is 0. The van der Waals surface area contributed by atoms with Crippen LogP contribution in [-0.2, 0) is 26.2 Å². The minimum Gasteiger partial charge on any atom is -0.273 e. The van der Waals surface area contributed by atoms with Gasteiger partial charge in [-0.15, -0.1) is 46.2 Å². The van der Waals surface area contributed by atoms with E-state index in [2.05, 4.69) is 79.8 Å². The van der Waals surface area contributed by atoms with Crippen molar-refractivity contribution in [1.82, 2.24) is 0 Å². The minimum absolute atomic E-state index is 0. The summed E-state index contributed by atoms with van der Waals surface area (Å²) < 4.78 is 0. The van der Waals surface area contributed by atoms with Crippen molar-refractivity contribution in [2.45, 2.75) is 19.5 Å². The van der Waals surface area contributed by atoms with Crippen molar-refractivity contribution in [3.63, 3.8) is 0 Å². The molecule has 0 nitrogen and oxygen atoms in total. The summed E-state index contributed by atoms with van der Waals surface area (Å²) in [5.41, 5.74) is 0. The molecular formula is C20H20SiZr. The maximum atomic E-state index is 2.99. The third-order valence-electron chi connectivity index (χ3n) is 3.11. The molecule has 3 aromatic carbocycles. The summed E-state index contributed by atoms with van der Waals surface area (Å²) in [6.07, 6.45) is 10.0. The molecule has 0 aliphatic heterocycles. The molecule has 0 bridgehead atoms. The van der Waals surface area contributed by atoms with E-state index in [1.54, 1.807) is 0 Å². The van der Waals surface area contributed by atoms with Crippen LogP contribution in [-0.4, -0.2) is 9.52 Å². The Morgan fingerprint density at radius 3 is 1.77 bits per heavy atom. The van der Waals surface area contributed by atoms with E-state index in [9.17, 15) is 0 Å². The van der Waals surface area contributed by atoms with E-state index >= 15 is 0 Å². The SMILES string of the molecule is C[Si]C.[C-]1=CC=CC1.[Zr+2].c1ccc2c(c1)[cH-]c1ccccc12. The number of hydrogen-bond acceptors (Lipinski definition) is 0. The molecule has 0 saturated carbocycles. The normalized spacial score (nSPS) is 11.4. The third kappa shape index (κ3) is 5.26. The molecule has 1 aliphatic rings. The molecule has 0 N–H and O–H groups in total. The summed E-state index contributed by atoms with van der Waals surface area (Å²) in [6, 6.07) is 19.3. The van der Waals surface area contributed by atoms with Gasteiger partial charge in [-0.25, -0.2) is 12.2 Å². The quantitative estimate of drug-likeness (QED) is 0.342. The van der Waals surface area contributed by atoms with Crippen LogP contribution < -0.4 is 0 Å². The summed E-state index contributed by atoms with van der Waals surface area (Å²) in [7, 11) is 1.08. The van der Waals surface area contributed by atoms with Crippen molar-refractivity contribution < 1.29 is 26.2 Å². The summed E-state index contributed by atoms with van der Waals surface area (Å²) in [5, 5.41) is 5.39. The molecule has 0 atom stereocenters. The van der Waals surface area contributed by atoms with Gasteiger partial charge >= 0.3 is 26.2 Å². The van der Waals surface area contributed by atoms with Crippen molar-refractivity contribution in [3.05, 3.63) is 78.9 Å². The molecule has 0 heterocycles. The molecule has 0 fully saturated rings. The largest absolute Gasteiger partial charge is 2.00 e. The van der Waals surface area contributed by atoms with Crippen LogP contribution in [0, 0.1) is 6.08 Å². The monoisotopic (exact) mass is 378 g/mol. The standard InChI is InChI=1S/C13H9.C5H5.C2H6Si.Zr/c1-3-7-12-10(5-1)9-11-6-2-4-8-13(11)12;1-2-4-5-3-1;1-3-2;/h1-9H;1-3H,4H2;1-2H3;/q2*-1;;+2. The second kappa shape index (κ2) is 10.6. The maximum absolute atomic E-state index is 2.99. The molecule has 0 unspecified atom stereocenters. The molecule has 108 valence electrons. The van der Waals surface area contributed by atoms with E-state index in [0.29, 0.717) is 0 Å². The van der Waals surface area contributed by atoms with Gasteiger partial charge in [-0.3, -0.25) is 6.08 Å². The number of rotatable bonds is 0. The van der Waals surface area contributed by atoms with E-state index in [0.717, 1.165) is 15.9 Å². The molecule has 4 rings (SSSR count). The van der Waals surface area contributed by atoms with Crippen LogP contribution >= 0.6 is 0 Å². The average Bonchev–Trinajstić information content (AvgIpc) is 3.19. The average molecular weight is 380 g/mol. The Morgan fingerprint density at radius 1 is 0.909 bits per heavy atom. The van der Waals surface area contributed by atoms with Crippen molar-refractivity contribution in [2.75, 3.05) is 0 Å². The molecule has 0 amide bonds. The van der Waals surface area contributed by atoms with Gasteiger partial charge in [-0.2, -0.15) is 6.08 Å². The van der Waals surface area contributed by atoms with Crippen LogP contribution in [0.5, 0.6) is 0 Å². The van der Waals surface area contributed by atoms with Crippen molar-refractivity contribution in [2.24, 2.45) is 0 Å². The Balaban J connectivity index is 0.000000227. The van der Waals surface area contributed by atoms with Gasteiger partial charge in [-0.05, 0) is 0 Å². The van der Waals surface area contributed by atoms with E-state index < -0.39 is 0 Å². The Morgan fingerprint density at radius 2 is 1.41 bits per heavy atom. The first kappa shape index (κ1) is 18.9. The van der Waals surface area contributed by atoms with E-state index in [4.69, 9.17) is 0 Å². The smallest absolute Gasteiger partial charge is 0.273 e. The first-order chi connectivity index (χ1) is 10.4. The first-order valence-electron chi connectivity index (χ1n) is 7.20. The number of hydrogen-bond donors (Lipinski definition) is 0. The zero-order valence-corrected chi connectivity index (χ0v) is 16.6.